The number of imide groups is 2. The van der Waals surface area contributed by atoms with Gasteiger partial charge in [-0.15, -0.1) is 0 Å². The number of methoxy groups -OCH3 is 1. The summed E-state index contributed by atoms with van der Waals surface area (Å²) in [6, 6.07) is 16.6. The smallest absolute Gasteiger partial charge is 0.335 e. The lowest BCUT2D eigenvalue weighted by Crippen LogP contribution is -2.54. The van der Waals surface area contributed by atoms with E-state index in [1.165, 1.54) is 13.2 Å². The van der Waals surface area contributed by atoms with E-state index in [4.69, 9.17) is 21.1 Å². The number of amides is 4. The number of urea groups is 1. The number of ether oxygens (including phenoxy) is 2. The number of hydrogen-bond donors (Lipinski definition) is 1. The fraction of sp³-hybridized carbons (Fsp3) is 0.148. The molecule has 1 saturated heterocycles. The summed E-state index contributed by atoms with van der Waals surface area (Å²) in [7, 11) is 1.51. The van der Waals surface area contributed by atoms with E-state index in [1.807, 2.05) is 26.0 Å². The number of barbiturate groups is 1. The van der Waals surface area contributed by atoms with Gasteiger partial charge in [-0.3, -0.25) is 14.9 Å². The van der Waals surface area contributed by atoms with Crippen LogP contribution < -0.4 is 19.7 Å². The third-order valence-corrected chi connectivity index (χ3v) is 5.61. The predicted molar refractivity (Wildman–Crippen MR) is 134 cm³/mol. The molecule has 0 atom stereocenters. The molecule has 1 fully saturated rings. The minimum Gasteiger partial charge on any atom is -0.497 e. The molecule has 0 aliphatic carbocycles. The minimum atomic E-state index is -0.834. The molecule has 0 unspecified atom stereocenters. The normalized spacial score (nSPS) is 14.8. The summed E-state index contributed by atoms with van der Waals surface area (Å²) in [6.07, 6.45) is 1.38. The first kappa shape index (κ1) is 24.0. The topological polar surface area (TPSA) is 84.9 Å². The second-order valence-corrected chi connectivity index (χ2v) is 8.56. The molecule has 0 aromatic heterocycles. The van der Waals surface area contributed by atoms with Crippen LogP contribution in [0.2, 0.25) is 5.02 Å². The Bertz CT molecular complexity index is 1330. The Morgan fingerprint density at radius 3 is 2.29 bits per heavy atom. The Morgan fingerprint density at radius 1 is 0.943 bits per heavy atom. The molecule has 7 nitrogen and oxygen atoms in total. The van der Waals surface area contributed by atoms with Gasteiger partial charge in [-0.2, -0.15) is 0 Å². The maximum atomic E-state index is 13.2. The van der Waals surface area contributed by atoms with Crippen molar-refractivity contribution in [3.8, 4) is 11.5 Å². The van der Waals surface area contributed by atoms with E-state index in [1.54, 1.807) is 42.5 Å². The van der Waals surface area contributed by atoms with Crippen molar-refractivity contribution in [2.75, 3.05) is 12.0 Å². The van der Waals surface area contributed by atoms with Crippen molar-refractivity contribution in [2.24, 2.45) is 0 Å². The molecule has 1 heterocycles. The molecular formula is C27H23ClN2O5. The molecule has 0 spiro atoms. The van der Waals surface area contributed by atoms with E-state index >= 15 is 0 Å². The zero-order valence-corrected chi connectivity index (χ0v) is 20.2. The Balaban J connectivity index is 1.66. The number of halogens is 1. The van der Waals surface area contributed by atoms with Gasteiger partial charge >= 0.3 is 6.03 Å². The SMILES string of the molecule is COc1ccc(N2C(=O)NC(=O)/C(=C\c3cc(Cl)ccc3OCc3cc(C)cc(C)c3)C2=O)cc1. The van der Waals surface area contributed by atoms with Gasteiger partial charge in [0, 0.05) is 10.6 Å². The van der Waals surface area contributed by atoms with Gasteiger partial charge < -0.3 is 9.47 Å². The monoisotopic (exact) mass is 490 g/mol. The van der Waals surface area contributed by atoms with Crippen molar-refractivity contribution >= 4 is 41.2 Å². The molecule has 3 aromatic rings. The van der Waals surface area contributed by atoms with Crippen LogP contribution in [0.4, 0.5) is 10.5 Å². The molecule has 0 saturated carbocycles. The van der Waals surface area contributed by atoms with Crippen LogP contribution in [0.5, 0.6) is 11.5 Å². The quantitative estimate of drug-likeness (QED) is 0.378. The zero-order chi connectivity index (χ0) is 25.1. The van der Waals surface area contributed by atoms with Gasteiger partial charge in [0.05, 0.1) is 12.8 Å². The highest BCUT2D eigenvalue weighted by Crippen LogP contribution is 2.29. The Labute approximate surface area is 207 Å². The zero-order valence-electron chi connectivity index (χ0n) is 19.4. The number of hydrogen-bond acceptors (Lipinski definition) is 5. The van der Waals surface area contributed by atoms with Crippen LogP contribution in [-0.2, 0) is 16.2 Å². The summed E-state index contributed by atoms with van der Waals surface area (Å²) in [6.45, 7) is 4.31. The minimum absolute atomic E-state index is 0.223. The lowest BCUT2D eigenvalue weighted by Gasteiger charge is -2.26. The Hall–Kier alpha value is -4.10. The maximum Gasteiger partial charge on any atom is 0.335 e. The van der Waals surface area contributed by atoms with Crippen molar-refractivity contribution < 1.29 is 23.9 Å². The number of nitrogens with zero attached hydrogens (tertiary/aromatic N) is 1. The standard InChI is InChI=1S/C27H23ClN2O5/c1-16-10-17(2)12-18(11-16)15-35-24-9-4-20(28)13-19(24)14-23-25(31)29-27(33)30(26(23)32)21-5-7-22(34-3)8-6-21/h4-14H,15H2,1-3H3,(H,29,31,33)/b23-14+. The van der Waals surface area contributed by atoms with E-state index in [-0.39, 0.29) is 12.2 Å². The highest BCUT2D eigenvalue weighted by atomic mass is 35.5. The van der Waals surface area contributed by atoms with Crippen LogP contribution in [0, 0.1) is 13.8 Å². The molecular weight excluding hydrogens is 468 g/mol. The van der Waals surface area contributed by atoms with Crippen LogP contribution in [0.25, 0.3) is 6.08 Å². The third-order valence-electron chi connectivity index (χ3n) is 5.38. The number of carbonyl (C=O) groups excluding carboxylic acids is 3. The van der Waals surface area contributed by atoms with E-state index in [2.05, 4.69) is 11.4 Å². The summed E-state index contributed by atoms with van der Waals surface area (Å²) in [5, 5.41) is 2.62. The molecule has 1 aliphatic heterocycles. The first-order valence-corrected chi connectivity index (χ1v) is 11.2. The van der Waals surface area contributed by atoms with Crippen LogP contribution >= 0.6 is 11.6 Å². The number of carbonyl (C=O) groups is 3. The van der Waals surface area contributed by atoms with E-state index in [0.29, 0.717) is 27.8 Å². The molecule has 178 valence electrons. The van der Waals surface area contributed by atoms with Gasteiger partial charge in [0.1, 0.15) is 23.7 Å². The Kier molecular flexibility index (Phi) is 6.89. The van der Waals surface area contributed by atoms with Gasteiger partial charge in [-0.05, 0) is 68.0 Å². The molecule has 4 rings (SSSR count). The lowest BCUT2D eigenvalue weighted by molar-refractivity contribution is -0.122. The third kappa shape index (κ3) is 5.36. The van der Waals surface area contributed by atoms with Gasteiger partial charge in [-0.25, -0.2) is 9.69 Å². The molecule has 4 amide bonds. The number of aryl methyl sites for hydroxylation is 2. The van der Waals surface area contributed by atoms with E-state index in [9.17, 15) is 14.4 Å². The number of benzene rings is 3. The average molecular weight is 491 g/mol. The molecule has 8 heteroatoms. The fourth-order valence-corrected chi connectivity index (χ4v) is 4.04. The van der Waals surface area contributed by atoms with Crippen molar-refractivity contribution in [3.63, 3.8) is 0 Å². The summed E-state index contributed by atoms with van der Waals surface area (Å²) < 4.78 is 11.1. The first-order chi connectivity index (χ1) is 16.7. The fourth-order valence-electron chi connectivity index (χ4n) is 3.86. The van der Waals surface area contributed by atoms with Crippen LogP contribution in [0.3, 0.4) is 0 Å². The molecule has 0 radical (unpaired) electrons. The average Bonchev–Trinajstić information content (AvgIpc) is 2.81. The molecule has 1 aliphatic rings. The van der Waals surface area contributed by atoms with Gasteiger partial charge in [0.15, 0.2) is 0 Å². The lowest BCUT2D eigenvalue weighted by atomic mass is 10.1. The van der Waals surface area contributed by atoms with E-state index in [0.717, 1.165) is 21.6 Å². The van der Waals surface area contributed by atoms with Gasteiger partial charge in [0.25, 0.3) is 11.8 Å². The Morgan fingerprint density at radius 2 is 1.63 bits per heavy atom. The molecule has 1 N–H and O–H groups in total. The highest BCUT2D eigenvalue weighted by molar-refractivity contribution is 6.39. The molecule has 3 aromatic carbocycles. The first-order valence-electron chi connectivity index (χ1n) is 10.8. The van der Waals surface area contributed by atoms with Crippen LogP contribution in [0.1, 0.15) is 22.3 Å². The summed E-state index contributed by atoms with van der Waals surface area (Å²) in [4.78, 5) is 39.2. The van der Waals surface area contributed by atoms with Crippen molar-refractivity contribution in [1.29, 1.82) is 0 Å². The van der Waals surface area contributed by atoms with Gasteiger partial charge in [0.2, 0.25) is 0 Å². The highest BCUT2D eigenvalue weighted by Gasteiger charge is 2.37. The van der Waals surface area contributed by atoms with Crippen molar-refractivity contribution in [1.82, 2.24) is 5.32 Å². The van der Waals surface area contributed by atoms with Gasteiger partial charge in [-0.1, -0.05) is 40.9 Å². The molecule has 35 heavy (non-hydrogen) atoms. The predicted octanol–water partition coefficient (Wildman–Crippen LogP) is 5.21. The number of anilines is 1. The molecule has 0 bridgehead atoms. The number of nitrogens with one attached hydrogen (secondary N) is 1. The summed E-state index contributed by atoms with van der Waals surface area (Å²) in [5.41, 5.74) is 3.73. The second kappa shape index (κ2) is 10.0. The number of rotatable bonds is 6. The van der Waals surface area contributed by atoms with Crippen LogP contribution in [0.15, 0.2) is 66.2 Å². The van der Waals surface area contributed by atoms with E-state index < -0.39 is 17.8 Å². The van der Waals surface area contributed by atoms with Crippen molar-refractivity contribution in [3.05, 3.63) is 93.5 Å². The largest absolute Gasteiger partial charge is 0.497 e. The van der Waals surface area contributed by atoms with Crippen molar-refractivity contribution in [2.45, 2.75) is 20.5 Å². The van der Waals surface area contributed by atoms with Crippen LogP contribution in [-0.4, -0.2) is 25.0 Å². The summed E-state index contributed by atoms with van der Waals surface area (Å²) in [5.74, 6) is -0.557. The summed E-state index contributed by atoms with van der Waals surface area (Å²) >= 11 is 6.20. The maximum absolute atomic E-state index is 13.2. The second-order valence-electron chi connectivity index (χ2n) is 8.12.